The smallest absolute Gasteiger partial charge is 0.255 e. The molecule has 1 aromatic carbocycles. The van der Waals surface area contributed by atoms with Gasteiger partial charge in [-0.15, -0.1) is 0 Å². The number of aromatic nitrogens is 1. The van der Waals surface area contributed by atoms with Crippen LogP contribution < -0.4 is 16.4 Å². The first-order chi connectivity index (χ1) is 13.5. The summed E-state index contributed by atoms with van der Waals surface area (Å²) >= 11 is 0. The number of carbonyl (C=O) groups excluding carboxylic acids is 2. The molecule has 0 spiro atoms. The van der Waals surface area contributed by atoms with E-state index in [0.29, 0.717) is 23.7 Å². The minimum atomic E-state index is -0.303. The van der Waals surface area contributed by atoms with Crippen molar-refractivity contribution in [1.82, 2.24) is 10.3 Å². The highest BCUT2D eigenvalue weighted by Gasteiger charge is 2.25. The lowest BCUT2D eigenvalue weighted by molar-refractivity contribution is -0.126. The van der Waals surface area contributed by atoms with Crippen LogP contribution >= 0.6 is 0 Å². The van der Waals surface area contributed by atoms with E-state index in [1.807, 2.05) is 12.1 Å². The van der Waals surface area contributed by atoms with Crippen LogP contribution in [0.25, 0.3) is 0 Å². The summed E-state index contributed by atoms with van der Waals surface area (Å²) in [5, 5.41) is 5.81. The molecule has 2 amide bonds. The van der Waals surface area contributed by atoms with Crippen LogP contribution in [0.5, 0.6) is 0 Å². The fourth-order valence-corrected chi connectivity index (χ4v) is 3.67. The van der Waals surface area contributed by atoms with Crippen molar-refractivity contribution >= 4 is 17.5 Å². The van der Waals surface area contributed by atoms with E-state index in [1.165, 1.54) is 6.42 Å². The summed E-state index contributed by atoms with van der Waals surface area (Å²) in [5.41, 5.74) is 8.36. The molecular formula is C22H28N4O2. The van der Waals surface area contributed by atoms with Gasteiger partial charge in [-0.05, 0) is 48.6 Å². The standard InChI is InChI=1S/C22H28N4O2/c1-15-3-2-4-18(13-15)21(27)25-14-20(23)16-5-7-17(8-6-16)22(28)26-19-9-11-24-12-10-19/h5-12,15,18,20H,2-4,13-14,23H2,1H3,(H,25,27)(H,24,26,28). The molecule has 1 saturated carbocycles. The van der Waals surface area contributed by atoms with Crippen LogP contribution in [-0.4, -0.2) is 23.3 Å². The van der Waals surface area contributed by atoms with Gasteiger partial charge in [0, 0.05) is 42.1 Å². The van der Waals surface area contributed by atoms with Crippen molar-refractivity contribution in [2.45, 2.75) is 38.6 Å². The normalized spacial score (nSPS) is 20.2. The topological polar surface area (TPSA) is 97.1 Å². The van der Waals surface area contributed by atoms with Gasteiger partial charge in [-0.2, -0.15) is 0 Å². The summed E-state index contributed by atoms with van der Waals surface area (Å²) in [6.07, 6.45) is 7.51. The van der Waals surface area contributed by atoms with Gasteiger partial charge in [0.2, 0.25) is 5.91 Å². The van der Waals surface area contributed by atoms with Crippen LogP contribution in [0.15, 0.2) is 48.8 Å². The minimum Gasteiger partial charge on any atom is -0.354 e. The van der Waals surface area contributed by atoms with Crippen molar-refractivity contribution in [3.8, 4) is 0 Å². The molecule has 0 saturated heterocycles. The Balaban J connectivity index is 1.51. The molecule has 1 aromatic heterocycles. The van der Waals surface area contributed by atoms with Gasteiger partial charge in [-0.3, -0.25) is 14.6 Å². The fraction of sp³-hybridized carbons (Fsp3) is 0.409. The Morgan fingerprint density at radius 3 is 2.54 bits per heavy atom. The Morgan fingerprint density at radius 2 is 1.86 bits per heavy atom. The molecule has 1 heterocycles. The van der Waals surface area contributed by atoms with Crippen molar-refractivity contribution < 1.29 is 9.59 Å². The van der Waals surface area contributed by atoms with Crippen molar-refractivity contribution in [1.29, 1.82) is 0 Å². The van der Waals surface area contributed by atoms with Crippen LogP contribution in [0.1, 0.15) is 54.6 Å². The Kier molecular flexibility index (Phi) is 6.76. The summed E-state index contributed by atoms with van der Waals surface area (Å²) in [5.74, 6) is 0.639. The number of hydrogen-bond acceptors (Lipinski definition) is 4. The van der Waals surface area contributed by atoms with E-state index >= 15 is 0 Å². The lowest BCUT2D eigenvalue weighted by Crippen LogP contribution is -2.37. The molecule has 3 unspecified atom stereocenters. The Morgan fingerprint density at radius 1 is 1.14 bits per heavy atom. The molecule has 0 bridgehead atoms. The fourth-order valence-electron chi connectivity index (χ4n) is 3.67. The summed E-state index contributed by atoms with van der Waals surface area (Å²) in [6, 6.07) is 10.3. The zero-order valence-electron chi connectivity index (χ0n) is 16.2. The molecule has 4 N–H and O–H groups in total. The van der Waals surface area contributed by atoms with E-state index in [1.54, 1.807) is 36.7 Å². The number of amides is 2. The zero-order chi connectivity index (χ0) is 19.9. The predicted octanol–water partition coefficient (Wildman–Crippen LogP) is 3.28. The number of nitrogens with zero attached hydrogens (tertiary/aromatic N) is 1. The third kappa shape index (κ3) is 5.39. The molecule has 3 atom stereocenters. The number of nitrogens with two attached hydrogens (primary N) is 1. The maximum absolute atomic E-state index is 12.4. The highest BCUT2D eigenvalue weighted by molar-refractivity contribution is 6.04. The first-order valence-corrected chi connectivity index (χ1v) is 9.87. The number of rotatable bonds is 6. The predicted molar refractivity (Wildman–Crippen MR) is 110 cm³/mol. The summed E-state index contributed by atoms with van der Waals surface area (Å²) < 4.78 is 0. The molecule has 2 aromatic rings. The van der Waals surface area contributed by atoms with Gasteiger partial charge in [-0.25, -0.2) is 0 Å². The number of carbonyl (C=O) groups is 2. The lowest BCUT2D eigenvalue weighted by Gasteiger charge is -2.26. The van der Waals surface area contributed by atoms with E-state index in [9.17, 15) is 9.59 Å². The summed E-state index contributed by atoms with van der Waals surface area (Å²) in [7, 11) is 0. The zero-order valence-corrected chi connectivity index (χ0v) is 16.2. The van der Waals surface area contributed by atoms with Crippen molar-refractivity contribution in [3.63, 3.8) is 0 Å². The van der Waals surface area contributed by atoms with Crippen LogP contribution in [0.4, 0.5) is 5.69 Å². The number of benzene rings is 1. The monoisotopic (exact) mass is 380 g/mol. The Hall–Kier alpha value is -2.73. The van der Waals surface area contributed by atoms with E-state index in [4.69, 9.17) is 5.73 Å². The van der Waals surface area contributed by atoms with Crippen LogP contribution in [-0.2, 0) is 4.79 Å². The molecule has 6 nitrogen and oxygen atoms in total. The average molecular weight is 380 g/mol. The number of nitrogens with one attached hydrogen (secondary N) is 2. The molecule has 1 fully saturated rings. The SMILES string of the molecule is CC1CCCC(C(=O)NCC(N)c2ccc(C(=O)Nc3ccncc3)cc2)C1. The molecule has 1 aliphatic carbocycles. The van der Waals surface area contributed by atoms with Gasteiger partial charge in [0.05, 0.1) is 0 Å². The Bertz CT molecular complexity index is 792. The molecule has 6 heteroatoms. The number of pyridine rings is 1. The first kappa shape index (κ1) is 20.0. The van der Waals surface area contributed by atoms with Crippen molar-refractivity contribution in [3.05, 3.63) is 59.9 Å². The molecular weight excluding hydrogens is 352 g/mol. The van der Waals surface area contributed by atoms with Crippen LogP contribution in [0, 0.1) is 11.8 Å². The number of hydrogen-bond donors (Lipinski definition) is 3. The van der Waals surface area contributed by atoms with E-state index in [-0.39, 0.29) is 23.8 Å². The molecule has 148 valence electrons. The minimum absolute atomic E-state index is 0.107. The maximum Gasteiger partial charge on any atom is 0.255 e. The van der Waals surface area contributed by atoms with Gasteiger partial charge < -0.3 is 16.4 Å². The van der Waals surface area contributed by atoms with Crippen molar-refractivity contribution in [2.24, 2.45) is 17.6 Å². The summed E-state index contributed by atoms with van der Waals surface area (Å²) in [6.45, 7) is 2.60. The van der Waals surface area contributed by atoms with Crippen LogP contribution in [0.3, 0.4) is 0 Å². The second-order valence-corrected chi connectivity index (χ2v) is 7.63. The van der Waals surface area contributed by atoms with Gasteiger partial charge in [-0.1, -0.05) is 31.9 Å². The first-order valence-electron chi connectivity index (χ1n) is 9.87. The Labute approximate surface area is 165 Å². The molecule has 0 radical (unpaired) electrons. The average Bonchev–Trinajstić information content (AvgIpc) is 2.72. The summed E-state index contributed by atoms with van der Waals surface area (Å²) in [4.78, 5) is 28.6. The van der Waals surface area contributed by atoms with Crippen molar-refractivity contribution in [2.75, 3.05) is 11.9 Å². The van der Waals surface area contributed by atoms with Gasteiger partial charge in [0.1, 0.15) is 0 Å². The van der Waals surface area contributed by atoms with Gasteiger partial charge >= 0.3 is 0 Å². The third-order valence-corrected chi connectivity index (χ3v) is 5.34. The molecule has 28 heavy (non-hydrogen) atoms. The third-order valence-electron chi connectivity index (χ3n) is 5.34. The van der Waals surface area contributed by atoms with Gasteiger partial charge in [0.15, 0.2) is 0 Å². The maximum atomic E-state index is 12.4. The second kappa shape index (κ2) is 9.46. The second-order valence-electron chi connectivity index (χ2n) is 7.63. The molecule has 3 rings (SSSR count). The number of anilines is 1. The molecule has 0 aliphatic heterocycles. The van der Waals surface area contributed by atoms with Crippen LogP contribution in [0.2, 0.25) is 0 Å². The quantitative estimate of drug-likeness (QED) is 0.716. The lowest BCUT2D eigenvalue weighted by atomic mass is 9.82. The highest BCUT2D eigenvalue weighted by atomic mass is 16.2. The van der Waals surface area contributed by atoms with Gasteiger partial charge in [0.25, 0.3) is 5.91 Å². The molecule has 1 aliphatic rings. The van der Waals surface area contributed by atoms with E-state index in [2.05, 4.69) is 22.5 Å². The highest BCUT2D eigenvalue weighted by Crippen LogP contribution is 2.28. The largest absolute Gasteiger partial charge is 0.354 e. The van der Waals surface area contributed by atoms with E-state index in [0.717, 1.165) is 24.8 Å². The van der Waals surface area contributed by atoms with E-state index < -0.39 is 0 Å².